The molecular formula is C11H13N5O2. The van der Waals surface area contributed by atoms with Crippen LogP contribution in [0.3, 0.4) is 0 Å². The number of nitrogens with zero attached hydrogens (tertiary/aromatic N) is 4. The third kappa shape index (κ3) is 2.82. The number of carbonyl (C=O) groups is 1. The van der Waals surface area contributed by atoms with Gasteiger partial charge in [-0.3, -0.25) is 4.68 Å². The van der Waals surface area contributed by atoms with Crippen molar-refractivity contribution in [2.24, 2.45) is 7.05 Å². The molecule has 0 amide bonds. The number of aromatic carboxylic acids is 1. The van der Waals surface area contributed by atoms with Gasteiger partial charge in [-0.1, -0.05) is 0 Å². The van der Waals surface area contributed by atoms with Crippen molar-refractivity contribution in [3.8, 4) is 0 Å². The summed E-state index contributed by atoms with van der Waals surface area (Å²) in [5.74, 6) is -0.778. The van der Waals surface area contributed by atoms with Gasteiger partial charge in [0.1, 0.15) is 0 Å². The average molecular weight is 247 g/mol. The molecular weight excluding hydrogens is 234 g/mol. The van der Waals surface area contributed by atoms with Crippen LogP contribution in [0.25, 0.3) is 0 Å². The van der Waals surface area contributed by atoms with Crippen molar-refractivity contribution in [3.05, 3.63) is 35.4 Å². The second-order valence-corrected chi connectivity index (χ2v) is 3.86. The Labute approximate surface area is 104 Å². The van der Waals surface area contributed by atoms with Crippen LogP contribution in [-0.4, -0.2) is 30.8 Å². The lowest BCUT2D eigenvalue weighted by molar-refractivity contribution is 0.0690. The highest BCUT2D eigenvalue weighted by molar-refractivity contribution is 5.85. The Balaban J connectivity index is 2.11. The van der Waals surface area contributed by atoms with Gasteiger partial charge < -0.3 is 10.4 Å². The van der Waals surface area contributed by atoms with Gasteiger partial charge in [0.15, 0.2) is 5.69 Å². The van der Waals surface area contributed by atoms with Gasteiger partial charge in [-0.2, -0.15) is 5.10 Å². The lowest BCUT2D eigenvalue weighted by Crippen LogP contribution is -2.09. The maximum atomic E-state index is 10.8. The Kier molecular flexibility index (Phi) is 3.22. The molecule has 0 unspecified atom stereocenters. The molecule has 2 aromatic rings. The third-order valence-electron chi connectivity index (χ3n) is 2.27. The van der Waals surface area contributed by atoms with Gasteiger partial charge in [0.2, 0.25) is 5.95 Å². The summed E-state index contributed by atoms with van der Waals surface area (Å²) >= 11 is 0. The maximum absolute atomic E-state index is 10.8. The van der Waals surface area contributed by atoms with E-state index in [9.17, 15) is 4.79 Å². The molecule has 0 atom stereocenters. The second-order valence-electron chi connectivity index (χ2n) is 3.86. The van der Waals surface area contributed by atoms with Crippen molar-refractivity contribution in [2.45, 2.75) is 13.5 Å². The first-order chi connectivity index (χ1) is 8.54. The molecule has 0 spiro atoms. The van der Waals surface area contributed by atoms with Crippen LogP contribution < -0.4 is 5.32 Å². The molecule has 2 rings (SSSR count). The standard InChI is InChI=1S/C11H13N5O2/c1-7-5-9(10(17)18)14-11(13-7)12-6-8-3-4-16(2)15-8/h3-5H,6H2,1-2H3,(H,17,18)(H,12,13,14). The molecule has 0 bridgehead atoms. The van der Waals surface area contributed by atoms with Gasteiger partial charge in [-0.25, -0.2) is 14.8 Å². The van der Waals surface area contributed by atoms with Crippen LogP contribution in [0.4, 0.5) is 5.95 Å². The Bertz CT molecular complexity index is 579. The number of carboxylic acids is 1. The number of aromatic nitrogens is 4. The zero-order valence-corrected chi connectivity index (χ0v) is 10.1. The predicted octanol–water partition coefficient (Wildman–Crippen LogP) is 0.829. The van der Waals surface area contributed by atoms with Crippen LogP contribution in [0.5, 0.6) is 0 Å². The number of aryl methyl sites for hydroxylation is 2. The first kappa shape index (κ1) is 12.0. The molecule has 0 saturated heterocycles. The zero-order valence-electron chi connectivity index (χ0n) is 10.1. The fourth-order valence-electron chi connectivity index (χ4n) is 1.48. The van der Waals surface area contributed by atoms with Gasteiger partial charge >= 0.3 is 5.97 Å². The van der Waals surface area contributed by atoms with Crippen molar-refractivity contribution < 1.29 is 9.90 Å². The maximum Gasteiger partial charge on any atom is 0.354 e. The van der Waals surface area contributed by atoms with Crippen molar-refractivity contribution in [2.75, 3.05) is 5.32 Å². The monoisotopic (exact) mass is 247 g/mol. The number of carboxylic acid groups (broad SMARTS) is 1. The summed E-state index contributed by atoms with van der Waals surface area (Å²) in [7, 11) is 1.83. The van der Waals surface area contributed by atoms with E-state index in [-0.39, 0.29) is 11.6 Å². The van der Waals surface area contributed by atoms with Crippen molar-refractivity contribution >= 4 is 11.9 Å². The molecule has 2 heterocycles. The minimum absolute atomic E-state index is 0.0222. The summed E-state index contributed by atoms with van der Waals surface area (Å²) < 4.78 is 1.69. The van der Waals surface area contributed by atoms with E-state index in [0.717, 1.165) is 5.69 Å². The molecule has 0 saturated carbocycles. The smallest absolute Gasteiger partial charge is 0.354 e. The van der Waals surface area contributed by atoms with Crippen LogP contribution in [0.15, 0.2) is 18.3 Å². The van der Waals surface area contributed by atoms with Gasteiger partial charge in [-0.05, 0) is 19.1 Å². The van der Waals surface area contributed by atoms with E-state index in [1.807, 2.05) is 19.3 Å². The number of hydrogen-bond donors (Lipinski definition) is 2. The van der Waals surface area contributed by atoms with Crippen LogP contribution >= 0.6 is 0 Å². The van der Waals surface area contributed by atoms with E-state index in [2.05, 4.69) is 20.4 Å². The summed E-state index contributed by atoms with van der Waals surface area (Å²) in [5.41, 5.74) is 1.41. The summed E-state index contributed by atoms with van der Waals surface area (Å²) in [5, 5.41) is 16.0. The molecule has 0 aliphatic carbocycles. The van der Waals surface area contributed by atoms with Gasteiger partial charge in [-0.15, -0.1) is 0 Å². The SMILES string of the molecule is Cc1cc(C(=O)O)nc(NCc2ccn(C)n2)n1. The lowest BCUT2D eigenvalue weighted by Gasteiger charge is -2.04. The highest BCUT2D eigenvalue weighted by Crippen LogP contribution is 2.06. The summed E-state index contributed by atoms with van der Waals surface area (Å²) in [6, 6.07) is 3.29. The number of anilines is 1. The van der Waals surface area contributed by atoms with E-state index in [0.29, 0.717) is 12.2 Å². The van der Waals surface area contributed by atoms with E-state index in [1.54, 1.807) is 11.6 Å². The van der Waals surface area contributed by atoms with Gasteiger partial charge in [0.25, 0.3) is 0 Å². The highest BCUT2D eigenvalue weighted by Gasteiger charge is 2.08. The molecule has 0 aromatic carbocycles. The number of hydrogen-bond acceptors (Lipinski definition) is 5. The molecule has 18 heavy (non-hydrogen) atoms. The van der Waals surface area contributed by atoms with Crippen molar-refractivity contribution in [3.63, 3.8) is 0 Å². The summed E-state index contributed by atoms with van der Waals surface area (Å²) in [6.45, 7) is 2.17. The number of rotatable bonds is 4. The van der Waals surface area contributed by atoms with E-state index >= 15 is 0 Å². The van der Waals surface area contributed by atoms with E-state index in [1.165, 1.54) is 6.07 Å². The Hall–Kier alpha value is -2.44. The highest BCUT2D eigenvalue weighted by atomic mass is 16.4. The molecule has 0 fully saturated rings. The van der Waals surface area contributed by atoms with Crippen LogP contribution in [0.2, 0.25) is 0 Å². The molecule has 0 radical (unpaired) electrons. The van der Waals surface area contributed by atoms with E-state index < -0.39 is 5.97 Å². The Morgan fingerprint density at radius 2 is 2.28 bits per heavy atom. The van der Waals surface area contributed by atoms with E-state index in [4.69, 9.17) is 5.11 Å². The molecule has 0 aliphatic heterocycles. The predicted molar refractivity (Wildman–Crippen MR) is 64.3 cm³/mol. The second kappa shape index (κ2) is 4.82. The van der Waals surface area contributed by atoms with Crippen LogP contribution in [-0.2, 0) is 13.6 Å². The largest absolute Gasteiger partial charge is 0.477 e. The summed E-state index contributed by atoms with van der Waals surface area (Å²) in [6.07, 6.45) is 1.83. The fraction of sp³-hybridized carbons (Fsp3) is 0.273. The minimum atomic E-state index is -1.07. The molecule has 7 nitrogen and oxygen atoms in total. The Morgan fingerprint density at radius 3 is 2.89 bits per heavy atom. The molecule has 2 N–H and O–H groups in total. The number of nitrogens with one attached hydrogen (secondary N) is 1. The quantitative estimate of drug-likeness (QED) is 0.831. The van der Waals surface area contributed by atoms with Crippen molar-refractivity contribution in [1.82, 2.24) is 19.7 Å². The van der Waals surface area contributed by atoms with Crippen LogP contribution in [0.1, 0.15) is 21.9 Å². The molecule has 2 aromatic heterocycles. The third-order valence-corrected chi connectivity index (χ3v) is 2.27. The Morgan fingerprint density at radius 1 is 1.50 bits per heavy atom. The zero-order chi connectivity index (χ0) is 13.1. The topological polar surface area (TPSA) is 92.9 Å². The average Bonchev–Trinajstić information content (AvgIpc) is 2.72. The lowest BCUT2D eigenvalue weighted by atomic mass is 10.3. The van der Waals surface area contributed by atoms with Gasteiger partial charge in [0, 0.05) is 18.9 Å². The first-order valence-electron chi connectivity index (χ1n) is 5.36. The minimum Gasteiger partial charge on any atom is -0.477 e. The molecule has 94 valence electrons. The van der Waals surface area contributed by atoms with Gasteiger partial charge in [0.05, 0.1) is 12.2 Å². The first-order valence-corrected chi connectivity index (χ1v) is 5.36. The normalized spacial score (nSPS) is 10.3. The fourth-order valence-corrected chi connectivity index (χ4v) is 1.48. The molecule has 0 aliphatic rings. The van der Waals surface area contributed by atoms with Crippen LogP contribution in [0, 0.1) is 6.92 Å². The van der Waals surface area contributed by atoms with Crippen molar-refractivity contribution in [1.29, 1.82) is 0 Å². The molecule has 7 heteroatoms. The summed E-state index contributed by atoms with van der Waals surface area (Å²) in [4.78, 5) is 18.9.